The van der Waals surface area contributed by atoms with Crippen molar-refractivity contribution in [2.45, 2.75) is 26.0 Å². The van der Waals surface area contributed by atoms with Crippen LogP contribution in [-0.4, -0.2) is 11.8 Å². The Morgan fingerprint density at radius 1 is 0.933 bits per heavy atom. The summed E-state index contributed by atoms with van der Waals surface area (Å²) in [5, 5.41) is 0. The Labute approximate surface area is 177 Å². The average molecular weight is 432 g/mol. The Bertz CT molecular complexity index is 1030. The van der Waals surface area contributed by atoms with Gasteiger partial charge in [0.15, 0.2) is 12.0 Å². The van der Waals surface area contributed by atoms with Crippen molar-refractivity contribution in [1.29, 1.82) is 0 Å². The van der Waals surface area contributed by atoms with Gasteiger partial charge in [-0.05, 0) is 78.1 Å². The van der Waals surface area contributed by atoms with Crippen LogP contribution in [0.5, 0.6) is 11.5 Å². The molecular weight excluding hydrogens is 413 g/mol. The number of aryl methyl sites for hydroxylation is 1. The number of carbonyl (C=O) groups is 1. The highest BCUT2D eigenvalue weighted by Gasteiger charge is 2.31. The van der Waals surface area contributed by atoms with Crippen LogP contribution in [0.1, 0.15) is 27.0 Å². The van der Waals surface area contributed by atoms with Crippen LogP contribution in [0.4, 0.5) is 13.2 Å². The van der Waals surface area contributed by atoms with E-state index in [1.165, 1.54) is 6.07 Å². The zero-order valence-corrected chi connectivity index (χ0v) is 17.1. The Hall–Kier alpha value is -2.93. The smallest absolute Gasteiger partial charge is 0.479 e. The van der Waals surface area contributed by atoms with Crippen LogP contribution >= 0.6 is 12.0 Å². The zero-order valence-electron chi connectivity index (χ0n) is 16.3. The van der Waals surface area contributed by atoms with E-state index in [0.29, 0.717) is 17.9 Å². The maximum Gasteiger partial charge on any atom is 0.479 e. The lowest BCUT2D eigenvalue weighted by Gasteiger charge is -2.15. The second-order valence-electron chi connectivity index (χ2n) is 6.65. The average Bonchev–Trinajstić information content (AvgIpc) is 2.72. The van der Waals surface area contributed by atoms with Crippen molar-refractivity contribution in [2.75, 3.05) is 0 Å². The van der Waals surface area contributed by atoms with E-state index in [9.17, 15) is 18.0 Å². The van der Waals surface area contributed by atoms with Gasteiger partial charge in [0.2, 0.25) is 0 Å². The molecule has 3 nitrogen and oxygen atoms in total. The van der Waals surface area contributed by atoms with E-state index < -0.39 is 17.6 Å². The summed E-state index contributed by atoms with van der Waals surface area (Å²) in [6.07, 6.45) is 0.776. The molecule has 0 amide bonds. The fourth-order valence-electron chi connectivity index (χ4n) is 3.02. The molecule has 7 heteroatoms. The topological polar surface area (TPSA) is 35.5 Å². The van der Waals surface area contributed by atoms with Gasteiger partial charge in [0.25, 0.3) is 0 Å². The van der Waals surface area contributed by atoms with E-state index in [-0.39, 0.29) is 5.75 Å². The number of halogens is 3. The lowest BCUT2D eigenvalue weighted by Crippen LogP contribution is -2.03. The van der Waals surface area contributed by atoms with Crippen LogP contribution in [0.3, 0.4) is 0 Å². The number of rotatable bonds is 7. The van der Waals surface area contributed by atoms with Crippen LogP contribution in [0.2, 0.25) is 0 Å². The minimum Gasteiger partial charge on any atom is -0.489 e. The van der Waals surface area contributed by atoms with E-state index in [0.717, 1.165) is 34.1 Å². The molecule has 30 heavy (non-hydrogen) atoms. The maximum absolute atomic E-state index is 12.3. The molecule has 0 aliphatic rings. The SMILES string of the molecule is Cc1cc(OSC(F)(F)F)ccc1-c1cccc(COc2ccc(C=O)cc2)c1C. The normalized spacial score (nSPS) is 11.2. The second-order valence-corrected chi connectivity index (χ2v) is 7.45. The number of hydrogen-bond acceptors (Lipinski definition) is 4. The predicted octanol–water partition coefficient (Wildman–Crippen LogP) is 6.91. The Morgan fingerprint density at radius 2 is 1.63 bits per heavy atom. The first-order valence-corrected chi connectivity index (χ1v) is 9.81. The zero-order chi connectivity index (χ0) is 21.7. The van der Waals surface area contributed by atoms with Crippen LogP contribution in [-0.2, 0) is 6.61 Å². The van der Waals surface area contributed by atoms with Crippen LogP contribution in [0.25, 0.3) is 11.1 Å². The summed E-state index contributed by atoms with van der Waals surface area (Å²) >= 11 is -0.526. The third-order valence-electron chi connectivity index (χ3n) is 4.58. The number of ether oxygens (including phenoxy) is 1. The van der Waals surface area contributed by atoms with Gasteiger partial charge < -0.3 is 8.92 Å². The molecule has 0 fully saturated rings. The van der Waals surface area contributed by atoms with Crippen LogP contribution < -0.4 is 8.92 Å². The minimum absolute atomic E-state index is 0.148. The molecule has 0 bridgehead atoms. The van der Waals surface area contributed by atoms with Crippen molar-refractivity contribution in [3.05, 3.63) is 82.9 Å². The maximum atomic E-state index is 12.3. The first-order valence-electron chi connectivity index (χ1n) is 9.07. The number of alkyl halides is 3. The molecule has 0 aliphatic carbocycles. The Kier molecular flexibility index (Phi) is 6.72. The van der Waals surface area contributed by atoms with Crippen molar-refractivity contribution < 1.29 is 26.9 Å². The number of carbonyl (C=O) groups excluding carboxylic acids is 1. The summed E-state index contributed by atoms with van der Waals surface area (Å²) in [6, 6.07) is 17.6. The molecule has 0 saturated heterocycles. The largest absolute Gasteiger partial charge is 0.489 e. The molecule has 3 rings (SSSR count). The third kappa shape index (κ3) is 5.57. The standard InChI is InChI=1S/C23H19F3O3S/c1-15-12-20(29-30-23(24,25)26)10-11-21(15)22-5-3-4-18(16(22)2)14-28-19-8-6-17(13-27)7-9-19/h3-13H,14H2,1-2H3. The molecule has 156 valence electrons. The van der Waals surface area contributed by atoms with Gasteiger partial charge in [-0.3, -0.25) is 4.79 Å². The fraction of sp³-hybridized carbons (Fsp3) is 0.174. The molecule has 0 unspecified atom stereocenters. The van der Waals surface area contributed by atoms with Crippen LogP contribution in [0, 0.1) is 13.8 Å². The molecule has 0 aliphatic heterocycles. The van der Waals surface area contributed by atoms with Crippen molar-refractivity contribution in [1.82, 2.24) is 0 Å². The lowest BCUT2D eigenvalue weighted by atomic mass is 9.94. The molecule has 0 N–H and O–H groups in total. The van der Waals surface area contributed by atoms with Crippen molar-refractivity contribution >= 4 is 18.3 Å². The first-order chi connectivity index (χ1) is 14.3. The van der Waals surface area contributed by atoms with E-state index in [1.807, 2.05) is 32.0 Å². The molecule has 0 atom stereocenters. The van der Waals surface area contributed by atoms with Gasteiger partial charge in [-0.1, -0.05) is 24.3 Å². The predicted molar refractivity (Wildman–Crippen MR) is 112 cm³/mol. The molecule has 3 aromatic rings. The summed E-state index contributed by atoms with van der Waals surface area (Å²) in [6.45, 7) is 4.16. The monoisotopic (exact) mass is 432 g/mol. The van der Waals surface area contributed by atoms with Gasteiger partial charge in [-0.2, -0.15) is 13.2 Å². The highest BCUT2D eigenvalue weighted by atomic mass is 32.2. The van der Waals surface area contributed by atoms with Gasteiger partial charge >= 0.3 is 5.51 Å². The summed E-state index contributed by atoms with van der Waals surface area (Å²) in [5.41, 5.74) is 0.820. The Morgan fingerprint density at radius 3 is 2.27 bits per heavy atom. The second kappa shape index (κ2) is 9.26. The lowest BCUT2D eigenvalue weighted by molar-refractivity contribution is -0.0369. The summed E-state index contributed by atoms with van der Waals surface area (Å²) in [4.78, 5) is 10.7. The molecule has 0 aromatic heterocycles. The number of benzene rings is 3. The Balaban J connectivity index is 1.77. The number of aldehydes is 1. The quantitative estimate of drug-likeness (QED) is 0.300. The van der Waals surface area contributed by atoms with E-state index in [1.54, 1.807) is 36.4 Å². The minimum atomic E-state index is -4.45. The van der Waals surface area contributed by atoms with Gasteiger partial charge in [-0.25, -0.2) is 0 Å². The summed E-state index contributed by atoms with van der Waals surface area (Å²) in [5.74, 6) is 0.805. The fourth-order valence-corrected chi connectivity index (χ4v) is 3.32. The molecule has 0 spiro atoms. The number of hydrogen-bond donors (Lipinski definition) is 0. The van der Waals surface area contributed by atoms with Crippen molar-refractivity contribution in [3.8, 4) is 22.6 Å². The van der Waals surface area contributed by atoms with Gasteiger partial charge in [-0.15, -0.1) is 0 Å². The van der Waals surface area contributed by atoms with Gasteiger partial charge in [0.05, 0.1) is 0 Å². The van der Waals surface area contributed by atoms with E-state index in [2.05, 4.69) is 0 Å². The first kappa shape index (κ1) is 21.8. The van der Waals surface area contributed by atoms with Crippen molar-refractivity contribution in [3.63, 3.8) is 0 Å². The highest BCUT2D eigenvalue weighted by molar-refractivity contribution is 7.95. The van der Waals surface area contributed by atoms with E-state index >= 15 is 0 Å². The summed E-state index contributed by atoms with van der Waals surface area (Å²) < 4.78 is 47.6. The van der Waals surface area contributed by atoms with Crippen LogP contribution in [0.15, 0.2) is 60.7 Å². The van der Waals surface area contributed by atoms with Crippen molar-refractivity contribution in [2.24, 2.45) is 0 Å². The third-order valence-corrected chi connectivity index (χ3v) is 5.04. The molecule has 3 aromatic carbocycles. The van der Waals surface area contributed by atoms with Gasteiger partial charge in [0.1, 0.15) is 24.4 Å². The van der Waals surface area contributed by atoms with Gasteiger partial charge in [0, 0.05) is 5.56 Å². The van der Waals surface area contributed by atoms with E-state index in [4.69, 9.17) is 8.92 Å². The molecule has 0 saturated carbocycles. The summed E-state index contributed by atoms with van der Waals surface area (Å²) in [7, 11) is 0. The molecular formula is C23H19F3O3S. The highest BCUT2D eigenvalue weighted by Crippen LogP contribution is 2.35. The molecule has 0 heterocycles. The molecule has 0 radical (unpaired) electrons.